The standard InChI is InChI=1S/C17H15N3O2S/c1-11-5-4-6-12(9-11)18-17-19-14-8-3-2-7-13(14)16(20-17)23-10-15(21)22/h2-9H,10H2,1H3,(H,21,22)(H,18,19,20). The minimum Gasteiger partial charge on any atom is -0.481 e. The molecule has 0 saturated carbocycles. The summed E-state index contributed by atoms with van der Waals surface area (Å²) in [6, 6.07) is 15.5. The number of nitrogens with one attached hydrogen (secondary N) is 1. The summed E-state index contributed by atoms with van der Waals surface area (Å²) in [5.74, 6) is -0.446. The fourth-order valence-electron chi connectivity index (χ4n) is 2.20. The van der Waals surface area contributed by atoms with Crippen molar-refractivity contribution >= 4 is 40.3 Å². The molecule has 0 aliphatic carbocycles. The third kappa shape index (κ3) is 3.78. The summed E-state index contributed by atoms with van der Waals surface area (Å²) in [5, 5.41) is 13.6. The lowest BCUT2D eigenvalue weighted by Gasteiger charge is -2.09. The van der Waals surface area contributed by atoms with Gasteiger partial charge in [-0.3, -0.25) is 4.79 Å². The third-order valence-corrected chi connectivity index (χ3v) is 4.15. The van der Waals surface area contributed by atoms with Crippen LogP contribution in [-0.2, 0) is 4.79 Å². The molecule has 5 nitrogen and oxygen atoms in total. The van der Waals surface area contributed by atoms with Crippen molar-refractivity contribution in [1.29, 1.82) is 0 Å². The van der Waals surface area contributed by atoms with Crippen LogP contribution in [0.3, 0.4) is 0 Å². The van der Waals surface area contributed by atoms with E-state index in [-0.39, 0.29) is 5.75 Å². The molecule has 2 aromatic carbocycles. The summed E-state index contributed by atoms with van der Waals surface area (Å²) >= 11 is 1.20. The van der Waals surface area contributed by atoms with Gasteiger partial charge in [-0.15, -0.1) is 0 Å². The number of aryl methyl sites for hydroxylation is 1. The molecular weight excluding hydrogens is 310 g/mol. The zero-order valence-electron chi connectivity index (χ0n) is 12.5. The van der Waals surface area contributed by atoms with Crippen LogP contribution in [-0.4, -0.2) is 26.8 Å². The number of anilines is 2. The molecule has 0 aliphatic heterocycles. The van der Waals surface area contributed by atoms with E-state index >= 15 is 0 Å². The first-order chi connectivity index (χ1) is 11.1. The van der Waals surface area contributed by atoms with Crippen LogP contribution in [0.1, 0.15) is 5.56 Å². The second-order valence-corrected chi connectivity index (χ2v) is 6.01. The van der Waals surface area contributed by atoms with Crippen molar-refractivity contribution in [2.45, 2.75) is 11.9 Å². The highest BCUT2D eigenvalue weighted by Crippen LogP contribution is 2.27. The summed E-state index contributed by atoms with van der Waals surface area (Å²) in [4.78, 5) is 19.8. The molecule has 3 rings (SSSR count). The largest absolute Gasteiger partial charge is 0.481 e. The molecule has 0 saturated heterocycles. The van der Waals surface area contributed by atoms with Crippen molar-refractivity contribution in [3.8, 4) is 0 Å². The molecule has 0 bridgehead atoms. The highest BCUT2D eigenvalue weighted by molar-refractivity contribution is 8.00. The van der Waals surface area contributed by atoms with E-state index in [0.717, 1.165) is 22.2 Å². The molecule has 0 unspecified atom stereocenters. The summed E-state index contributed by atoms with van der Waals surface area (Å²) in [5.41, 5.74) is 2.82. The molecule has 116 valence electrons. The molecule has 0 atom stereocenters. The quantitative estimate of drug-likeness (QED) is 0.548. The van der Waals surface area contributed by atoms with Crippen LogP contribution >= 0.6 is 11.8 Å². The average molecular weight is 325 g/mol. The molecule has 3 aromatic rings. The van der Waals surface area contributed by atoms with E-state index in [0.29, 0.717) is 11.0 Å². The molecule has 0 fully saturated rings. The van der Waals surface area contributed by atoms with Crippen molar-refractivity contribution in [3.63, 3.8) is 0 Å². The molecule has 2 N–H and O–H groups in total. The summed E-state index contributed by atoms with van der Waals surface area (Å²) < 4.78 is 0. The Morgan fingerprint density at radius 3 is 2.78 bits per heavy atom. The molecule has 0 amide bonds. The van der Waals surface area contributed by atoms with Crippen molar-refractivity contribution in [2.75, 3.05) is 11.1 Å². The number of carboxylic acids is 1. The molecule has 0 aliphatic rings. The van der Waals surface area contributed by atoms with Gasteiger partial charge in [-0.05, 0) is 30.7 Å². The number of benzene rings is 2. The number of hydrogen-bond donors (Lipinski definition) is 2. The van der Waals surface area contributed by atoms with Gasteiger partial charge in [0, 0.05) is 11.1 Å². The minimum absolute atomic E-state index is 0.0368. The van der Waals surface area contributed by atoms with Gasteiger partial charge in [0.1, 0.15) is 5.03 Å². The van der Waals surface area contributed by atoms with Gasteiger partial charge in [0.05, 0.1) is 11.3 Å². The first-order valence-electron chi connectivity index (χ1n) is 7.07. The normalized spacial score (nSPS) is 10.7. The van der Waals surface area contributed by atoms with E-state index in [1.807, 2.05) is 55.5 Å². The second kappa shape index (κ2) is 6.66. The number of nitrogens with zero attached hydrogens (tertiary/aromatic N) is 2. The second-order valence-electron chi connectivity index (χ2n) is 5.05. The van der Waals surface area contributed by atoms with Crippen LogP contribution < -0.4 is 5.32 Å². The lowest BCUT2D eigenvalue weighted by atomic mass is 10.2. The number of aromatic nitrogens is 2. The van der Waals surface area contributed by atoms with Gasteiger partial charge >= 0.3 is 5.97 Å². The molecule has 1 aromatic heterocycles. The maximum Gasteiger partial charge on any atom is 0.313 e. The molecule has 23 heavy (non-hydrogen) atoms. The van der Waals surface area contributed by atoms with Gasteiger partial charge in [-0.25, -0.2) is 9.97 Å². The van der Waals surface area contributed by atoms with Gasteiger partial charge in [-0.1, -0.05) is 42.1 Å². The molecule has 1 heterocycles. The molecular formula is C17H15N3O2S. The van der Waals surface area contributed by atoms with Crippen LogP contribution in [0.25, 0.3) is 10.9 Å². The van der Waals surface area contributed by atoms with E-state index < -0.39 is 5.97 Å². The Morgan fingerprint density at radius 2 is 2.00 bits per heavy atom. The third-order valence-electron chi connectivity index (χ3n) is 3.17. The Hall–Kier alpha value is -2.60. The number of hydrogen-bond acceptors (Lipinski definition) is 5. The first kappa shape index (κ1) is 15.3. The van der Waals surface area contributed by atoms with E-state index in [2.05, 4.69) is 15.3 Å². The van der Waals surface area contributed by atoms with Gasteiger partial charge in [-0.2, -0.15) is 0 Å². The van der Waals surface area contributed by atoms with Crippen molar-refractivity contribution in [2.24, 2.45) is 0 Å². The predicted octanol–water partition coefficient (Wildman–Crippen LogP) is 3.86. The van der Waals surface area contributed by atoms with Crippen molar-refractivity contribution in [3.05, 3.63) is 54.1 Å². The lowest BCUT2D eigenvalue weighted by molar-refractivity contribution is -0.133. The van der Waals surface area contributed by atoms with E-state index in [1.165, 1.54) is 11.8 Å². The SMILES string of the molecule is Cc1cccc(Nc2nc(SCC(=O)O)c3ccccc3n2)c1. The maximum atomic E-state index is 10.8. The van der Waals surface area contributed by atoms with E-state index in [9.17, 15) is 4.79 Å². The van der Waals surface area contributed by atoms with Crippen LogP contribution in [0.4, 0.5) is 11.6 Å². The zero-order chi connectivity index (χ0) is 16.2. The van der Waals surface area contributed by atoms with Gasteiger partial charge in [0.2, 0.25) is 5.95 Å². The Balaban J connectivity index is 1.98. The fourth-order valence-corrected chi connectivity index (χ4v) is 2.93. The Kier molecular flexibility index (Phi) is 4.43. The van der Waals surface area contributed by atoms with E-state index in [1.54, 1.807) is 0 Å². The van der Waals surface area contributed by atoms with Gasteiger partial charge in [0.25, 0.3) is 0 Å². The fraction of sp³-hybridized carbons (Fsp3) is 0.118. The minimum atomic E-state index is -0.870. The van der Waals surface area contributed by atoms with Crippen LogP contribution in [0.2, 0.25) is 0 Å². The first-order valence-corrected chi connectivity index (χ1v) is 8.05. The monoisotopic (exact) mass is 325 g/mol. The van der Waals surface area contributed by atoms with Crippen LogP contribution in [0.15, 0.2) is 53.6 Å². The number of carbonyl (C=O) groups is 1. The topological polar surface area (TPSA) is 75.1 Å². The molecule has 0 spiro atoms. The summed E-state index contributed by atoms with van der Waals surface area (Å²) in [6.07, 6.45) is 0. The van der Waals surface area contributed by atoms with Gasteiger partial charge in [0.15, 0.2) is 0 Å². The van der Waals surface area contributed by atoms with Crippen LogP contribution in [0, 0.1) is 6.92 Å². The number of aliphatic carboxylic acids is 1. The molecule has 0 radical (unpaired) electrons. The summed E-state index contributed by atoms with van der Waals surface area (Å²) in [6.45, 7) is 2.01. The van der Waals surface area contributed by atoms with E-state index in [4.69, 9.17) is 5.11 Å². The number of rotatable bonds is 5. The van der Waals surface area contributed by atoms with Crippen molar-refractivity contribution < 1.29 is 9.90 Å². The van der Waals surface area contributed by atoms with Crippen molar-refractivity contribution in [1.82, 2.24) is 9.97 Å². The highest BCUT2D eigenvalue weighted by Gasteiger charge is 2.10. The average Bonchev–Trinajstić information content (AvgIpc) is 2.52. The Bertz CT molecular complexity index is 867. The zero-order valence-corrected chi connectivity index (χ0v) is 13.3. The Labute approximate surface area is 137 Å². The highest BCUT2D eigenvalue weighted by atomic mass is 32.2. The number of fused-ring (bicyclic) bond motifs is 1. The lowest BCUT2D eigenvalue weighted by Crippen LogP contribution is -2.02. The molecule has 6 heteroatoms. The Morgan fingerprint density at radius 1 is 1.17 bits per heavy atom. The van der Waals surface area contributed by atoms with Crippen LogP contribution in [0.5, 0.6) is 0 Å². The summed E-state index contributed by atoms with van der Waals surface area (Å²) in [7, 11) is 0. The van der Waals surface area contributed by atoms with Gasteiger partial charge < -0.3 is 10.4 Å². The number of carboxylic acid groups (broad SMARTS) is 1. The maximum absolute atomic E-state index is 10.8. The smallest absolute Gasteiger partial charge is 0.313 e. The number of para-hydroxylation sites is 1. The number of thioether (sulfide) groups is 1. The predicted molar refractivity (Wildman–Crippen MR) is 92.4 cm³/mol.